The lowest BCUT2D eigenvalue weighted by Crippen LogP contribution is -2.16. The lowest BCUT2D eigenvalue weighted by atomic mass is 9.85. The van der Waals surface area contributed by atoms with Crippen LogP contribution in [-0.4, -0.2) is 43.2 Å². The fourth-order valence-corrected chi connectivity index (χ4v) is 7.85. The van der Waals surface area contributed by atoms with Crippen LogP contribution in [0.15, 0.2) is 101 Å². The highest BCUT2D eigenvalue weighted by molar-refractivity contribution is 6.01. The van der Waals surface area contributed by atoms with Gasteiger partial charge in [-0.2, -0.15) is 0 Å². The average Bonchev–Trinajstić information content (AvgIpc) is 3.30. The molecule has 0 aliphatic rings. The minimum absolute atomic E-state index is 0.109. The van der Waals surface area contributed by atoms with Crippen LogP contribution in [0.1, 0.15) is 122 Å². The van der Waals surface area contributed by atoms with Gasteiger partial charge in [0.25, 0.3) is 0 Å². The van der Waals surface area contributed by atoms with Crippen LogP contribution in [-0.2, 0) is 38.9 Å². The summed E-state index contributed by atoms with van der Waals surface area (Å²) in [7, 11) is 3.12. The Balaban J connectivity index is 1.34. The molecular weight excluding hydrogens is 787 g/mol. The van der Waals surface area contributed by atoms with Crippen LogP contribution in [0.2, 0.25) is 0 Å². The van der Waals surface area contributed by atoms with E-state index in [0.29, 0.717) is 51.4 Å². The first-order chi connectivity index (χ1) is 30.5. The monoisotopic (exact) mass is 851 g/mol. The highest BCUT2D eigenvalue weighted by Gasteiger charge is 2.20. The molecule has 1 heterocycles. The third-order valence-electron chi connectivity index (χ3n) is 11.8. The number of carbonyl (C=O) groups is 2. The molecule has 63 heavy (non-hydrogen) atoms. The minimum atomic E-state index is -0.110. The topological polar surface area (TPSA) is 109 Å². The Morgan fingerprint density at radius 2 is 1.11 bits per heavy atom. The quantitative estimate of drug-likeness (QED) is 0.0449. The third kappa shape index (κ3) is 13.2. The Labute approximate surface area is 375 Å². The van der Waals surface area contributed by atoms with Gasteiger partial charge in [-0.05, 0) is 98.2 Å². The highest BCUT2D eigenvalue weighted by Crippen LogP contribution is 2.38. The number of ketones is 2. The summed E-state index contributed by atoms with van der Waals surface area (Å²) < 4.78 is 24.1. The summed E-state index contributed by atoms with van der Waals surface area (Å²) in [5, 5.41) is 0. The van der Waals surface area contributed by atoms with Gasteiger partial charge in [0.05, 0.1) is 25.6 Å². The van der Waals surface area contributed by atoms with Crippen LogP contribution < -0.4 is 18.9 Å². The molecule has 0 amide bonds. The number of benzene rings is 4. The second kappa shape index (κ2) is 23.9. The number of aliphatic imine (C=N–C) groups is 2. The summed E-state index contributed by atoms with van der Waals surface area (Å²) >= 11 is 0. The first-order valence-corrected chi connectivity index (χ1v) is 22.4. The number of Topliss-reactive ketones (excluding diaryl/α,β-unsaturated/α-hetero) is 2. The van der Waals surface area contributed by atoms with E-state index in [0.717, 1.165) is 56.1 Å². The molecule has 332 valence electrons. The highest BCUT2D eigenvalue weighted by atomic mass is 16.5. The number of pyridine rings is 1. The molecule has 0 radical (unpaired) electrons. The van der Waals surface area contributed by atoms with Crippen molar-refractivity contribution in [1.29, 1.82) is 0 Å². The smallest absolute Gasteiger partial charge is 0.163 e. The minimum Gasteiger partial charge on any atom is -0.493 e. The molecule has 0 bridgehead atoms. The number of ether oxygens (including phenoxy) is 4. The Morgan fingerprint density at radius 3 is 1.56 bits per heavy atom. The van der Waals surface area contributed by atoms with E-state index < -0.39 is 0 Å². The fraction of sp³-hybridized carbons (Fsp3) is 0.389. The molecule has 9 nitrogen and oxygen atoms in total. The molecule has 0 N–H and O–H groups in total. The Bertz CT molecular complexity index is 2370. The van der Waals surface area contributed by atoms with Gasteiger partial charge in [0, 0.05) is 65.1 Å². The molecule has 3 unspecified atom stereocenters. The molecule has 0 saturated carbocycles. The lowest BCUT2D eigenvalue weighted by molar-refractivity contribution is 0.100. The number of hydrogen-bond acceptors (Lipinski definition) is 9. The van der Waals surface area contributed by atoms with E-state index in [1.807, 2.05) is 18.5 Å². The zero-order chi connectivity index (χ0) is 45.3. The van der Waals surface area contributed by atoms with Crippen LogP contribution in [0.25, 0.3) is 0 Å². The van der Waals surface area contributed by atoms with Gasteiger partial charge in [-0.1, -0.05) is 96.0 Å². The normalized spacial score (nSPS) is 12.9. The maximum Gasteiger partial charge on any atom is 0.163 e. The summed E-state index contributed by atoms with van der Waals surface area (Å²) in [6.45, 7) is 14.4. The molecular formula is C54H65N3O6. The summed E-state index contributed by atoms with van der Waals surface area (Å²) in [6.07, 6.45) is 14.1. The summed E-state index contributed by atoms with van der Waals surface area (Å²) in [5.74, 6) is 2.36. The second-order valence-electron chi connectivity index (χ2n) is 16.2. The van der Waals surface area contributed by atoms with Crippen molar-refractivity contribution in [2.75, 3.05) is 14.2 Å². The van der Waals surface area contributed by atoms with Gasteiger partial charge < -0.3 is 18.9 Å². The van der Waals surface area contributed by atoms with Crippen molar-refractivity contribution in [1.82, 2.24) is 4.98 Å². The number of carbonyl (C=O) groups excluding carboxylic acids is 2. The molecule has 1 aromatic heterocycles. The Morgan fingerprint density at radius 1 is 0.635 bits per heavy atom. The lowest BCUT2D eigenvalue weighted by Gasteiger charge is -2.21. The van der Waals surface area contributed by atoms with E-state index in [9.17, 15) is 9.59 Å². The van der Waals surface area contributed by atoms with Gasteiger partial charge in [-0.3, -0.25) is 24.6 Å². The number of aryl methyl sites for hydroxylation is 2. The SMILES string of the molecule is CCCC(C=Nc1cc(OCc2cncc(COc3cc(N=CC(Cc4ccccc4CC)C(C)CC)c(C(C)=O)cc3OC)c2)c(OC)cc1C(C)=O)Cc1ccccc1CC. The van der Waals surface area contributed by atoms with Crippen molar-refractivity contribution in [2.45, 2.75) is 107 Å². The van der Waals surface area contributed by atoms with Crippen molar-refractivity contribution >= 4 is 35.4 Å². The Hall–Kier alpha value is -6.09. The van der Waals surface area contributed by atoms with Gasteiger partial charge in [0.15, 0.2) is 34.6 Å². The second-order valence-corrected chi connectivity index (χ2v) is 16.2. The van der Waals surface area contributed by atoms with E-state index in [2.05, 4.69) is 88.1 Å². The van der Waals surface area contributed by atoms with Gasteiger partial charge in [-0.25, -0.2) is 0 Å². The van der Waals surface area contributed by atoms with Crippen molar-refractivity contribution < 1.29 is 28.5 Å². The van der Waals surface area contributed by atoms with Crippen molar-refractivity contribution in [3.05, 3.63) is 136 Å². The zero-order valence-corrected chi connectivity index (χ0v) is 38.7. The first-order valence-electron chi connectivity index (χ1n) is 22.4. The molecule has 5 aromatic rings. The number of hydrogen-bond donors (Lipinski definition) is 0. The molecule has 9 heteroatoms. The van der Waals surface area contributed by atoms with Gasteiger partial charge in [0.2, 0.25) is 0 Å². The molecule has 0 aliphatic carbocycles. The maximum absolute atomic E-state index is 12.9. The van der Waals surface area contributed by atoms with Crippen LogP contribution in [0.4, 0.5) is 11.4 Å². The molecule has 3 atom stereocenters. The number of aromatic nitrogens is 1. The van der Waals surface area contributed by atoms with Gasteiger partial charge in [-0.15, -0.1) is 0 Å². The number of rotatable bonds is 24. The molecule has 0 fully saturated rings. The Kier molecular flexibility index (Phi) is 18.2. The fourth-order valence-electron chi connectivity index (χ4n) is 7.85. The van der Waals surface area contributed by atoms with Gasteiger partial charge in [0.1, 0.15) is 13.2 Å². The zero-order valence-electron chi connectivity index (χ0n) is 38.7. The largest absolute Gasteiger partial charge is 0.493 e. The van der Waals surface area contributed by atoms with Gasteiger partial charge >= 0.3 is 0 Å². The maximum atomic E-state index is 12.9. The van der Waals surface area contributed by atoms with Crippen LogP contribution in [0, 0.1) is 17.8 Å². The predicted molar refractivity (Wildman–Crippen MR) is 256 cm³/mol. The number of methoxy groups -OCH3 is 2. The predicted octanol–water partition coefficient (Wildman–Crippen LogP) is 12.8. The van der Waals surface area contributed by atoms with Crippen LogP contribution >= 0.6 is 0 Å². The molecule has 0 spiro atoms. The van der Waals surface area contributed by atoms with E-state index >= 15 is 0 Å². The first kappa shape index (κ1) is 48.0. The van der Waals surface area contributed by atoms with E-state index in [1.165, 1.54) is 36.1 Å². The summed E-state index contributed by atoms with van der Waals surface area (Å²) in [6, 6.07) is 26.1. The van der Waals surface area contributed by atoms with E-state index in [1.54, 1.807) is 50.9 Å². The summed E-state index contributed by atoms with van der Waals surface area (Å²) in [4.78, 5) is 40.0. The van der Waals surface area contributed by atoms with E-state index in [4.69, 9.17) is 28.9 Å². The van der Waals surface area contributed by atoms with Crippen LogP contribution in [0.3, 0.4) is 0 Å². The van der Waals surface area contributed by atoms with Crippen molar-refractivity contribution in [3.63, 3.8) is 0 Å². The molecule has 4 aromatic carbocycles. The van der Waals surface area contributed by atoms with Crippen LogP contribution in [0.5, 0.6) is 23.0 Å². The number of nitrogens with zero attached hydrogens (tertiary/aromatic N) is 3. The summed E-state index contributed by atoms with van der Waals surface area (Å²) in [5.41, 5.74) is 8.95. The van der Waals surface area contributed by atoms with Crippen molar-refractivity contribution in [3.8, 4) is 23.0 Å². The molecule has 5 rings (SSSR count). The molecule has 0 saturated heterocycles. The third-order valence-corrected chi connectivity index (χ3v) is 11.8. The standard InChI is InChI=1S/C54H65N3O6/c1-10-18-39(24-44-21-16-14-19-42(44)12-3)32-56-49-28-53(51(60-8)26-47(49)37(6)58)62-34-40-23-41(31-55-30-40)35-63-54-29-50(48(38(7)59)27-52(54)61-9)57-33-46(36(5)11-2)25-45-22-17-15-20-43(45)13-4/h14-17,19-23,26-33,36,39,46H,10-13,18,24-25,34-35H2,1-9H3. The van der Waals surface area contributed by atoms with Crippen molar-refractivity contribution in [2.24, 2.45) is 27.7 Å². The average molecular weight is 852 g/mol. The van der Waals surface area contributed by atoms with E-state index in [-0.39, 0.29) is 36.6 Å². The molecule has 0 aliphatic heterocycles.